The van der Waals surface area contributed by atoms with Crippen LogP contribution in [0.25, 0.3) is 0 Å². The number of nitrogens with two attached hydrogens (primary N) is 1. The Morgan fingerprint density at radius 1 is 1.55 bits per heavy atom. The summed E-state index contributed by atoms with van der Waals surface area (Å²) in [7, 11) is 0. The summed E-state index contributed by atoms with van der Waals surface area (Å²) in [6.45, 7) is 0. The fraction of sp³-hybridized carbons (Fsp3) is 0. The van der Waals surface area contributed by atoms with Gasteiger partial charge in [-0.2, -0.15) is 0 Å². The Labute approximate surface area is 83.4 Å². The quantitative estimate of drug-likeness (QED) is 0.576. The minimum atomic E-state index is -0.159. The van der Waals surface area contributed by atoms with Crippen molar-refractivity contribution in [2.75, 3.05) is 0 Å². The van der Waals surface area contributed by atoms with E-state index in [4.69, 9.17) is 34.3 Å². The van der Waals surface area contributed by atoms with E-state index in [0.717, 1.165) is 11.3 Å². The molecule has 0 fully saturated rings. The largest absolute Gasteiger partial charge is 0.382 e. The van der Waals surface area contributed by atoms with Gasteiger partial charge in [-0.05, 0) is 0 Å². The van der Waals surface area contributed by atoms with E-state index in [1.165, 1.54) is 0 Å². The maximum Gasteiger partial charge on any atom is 0.185 e. The molecule has 11 heavy (non-hydrogen) atoms. The number of hydrogen-bond donors (Lipinski definition) is 2. The Balaban J connectivity index is 0.000001000. The van der Waals surface area contributed by atoms with E-state index in [-0.39, 0.29) is 23.9 Å². The number of halogens is 3. The molecular formula is C4H4Cl3N3S. The van der Waals surface area contributed by atoms with Crippen LogP contribution in [0, 0.1) is 5.41 Å². The predicted octanol–water partition coefficient (Wildman–Crippen LogP) is 2.16. The normalized spacial score (nSPS) is 8.91. The third kappa shape index (κ3) is 2.48. The molecule has 0 aliphatic heterocycles. The first-order chi connectivity index (χ1) is 4.61. The molecule has 1 aromatic rings. The molecule has 0 radical (unpaired) electrons. The lowest BCUT2D eigenvalue weighted by molar-refractivity contribution is 1.32. The number of nitrogens with zero attached hydrogens (tertiary/aromatic N) is 1. The second-order valence-electron chi connectivity index (χ2n) is 1.50. The molecule has 0 saturated carbocycles. The molecule has 0 amide bonds. The van der Waals surface area contributed by atoms with Crippen LogP contribution in [-0.4, -0.2) is 10.8 Å². The number of rotatable bonds is 1. The lowest BCUT2D eigenvalue weighted by atomic mass is 10.5. The topological polar surface area (TPSA) is 62.8 Å². The molecule has 0 spiro atoms. The minimum absolute atomic E-state index is 0. The van der Waals surface area contributed by atoms with Gasteiger partial charge in [0.15, 0.2) is 4.47 Å². The van der Waals surface area contributed by atoms with E-state index >= 15 is 0 Å². The Morgan fingerprint density at radius 3 is 2.27 bits per heavy atom. The van der Waals surface area contributed by atoms with Gasteiger partial charge in [0.05, 0.1) is 0 Å². The van der Waals surface area contributed by atoms with Crippen LogP contribution in [0.3, 0.4) is 0 Å². The summed E-state index contributed by atoms with van der Waals surface area (Å²) >= 11 is 12.2. The molecule has 3 nitrogen and oxygen atoms in total. The Kier molecular flexibility index (Phi) is 4.10. The maximum atomic E-state index is 6.97. The lowest BCUT2D eigenvalue weighted by Crippen LogP contribution is -2.11. The van der Waals surface area contributed by atoms with E-state index in [1.807, 2.05) is 0 Å². The zero-order valence-corrected chi connectivity index (χ0v) is 8.24. The third-order valence-electron chi connectivity index (χ3n) is 0.815. The van der Waals surface area contributed by atoms with Gasteiger partial charge < -0.3 is 5.73 Å². The number of thiazole rings is 1. The molecule has 0 unspecified atom stereocenters. The molecule has 1 aromatic heterocycles. The molecule has 0 saturated heterocycles. The van der Waals surface area contributed by atoms with Gasteiger partial charge in [0.25, 0.3) is 0 Å². The SMILES string of the molecule is Cl.N=C(N)c1nc(Cl)sc1Cl. The van der Waals surface area contributed by atoms with Gasteiger partial charge in [-0.25, -0.2) is 4.98 Å². The Hall–Kier alpha value is -0.0300. The van der Waals surface area contributed by atoms with Crippen molar-refractivity contribution in [1.29, 1.82) is 5.41 Å². The van der Waals surface area contributed by atoms with Crippen LogP contribution in [-0.2, 0) is 0 Å². The standard InChI is InChI=1S/C4H3Cl2N3S.ClH/c5-2-1(3(7)8)9-4(6)10-2;/h(H3,7,8);1H. The first-order valence-electron chi connectivity index (χ1n) is 2.27. The van der Waals surface area contributed by atoms with Crippen LogP contribution < -0.4 is 5.73 Å². The van der Waals surface area contributed by atoms with Gasteiger partial charge in [-0.1, -0.05) is 34.5 Å². The lowest BCUT2D eigenvalue weighted by Gasteiger charge is -1.87. The molecule has 3 N–H and O–H groups in total. The Morgan fingerprint density at radius 2 is 2.09 bits per heavy atom. The van der Waals surface area contributed by atoms with Gasteiger partial charge in [-0.15, -0.1) is 12.4 Å². The highest BCUT2D eigenvalue weighted by atomic mass is 35.5. The Bertz CT molecular complexity index is 272. The molecule has 0 bridgehead atoms. The van der Waals surface area contributed by atoms with Crippen molar-refractivity contribution in [1.82, 2.24) is 4.98 Å². The smallest absolute Gasteiger partial charge is 0.185 e. The van der Waals surface area contributed by atoms with E-state index in [9.17, 15) is 0 Å². The van der Waals surface area contributed by atoms with E-state index < -0.39 is 0 Å². The monoisotopic (exact) mass is 231 g/mol. The summed E-state index contributed by atoms with van der Waals surface area (Å²) < 4.78 is 0.660. The number of nitrogens with one attached hydrogen (secondary N) is 1. The van der Waals surface area contributed by atoms with Crippen molar-refractivity contribution in [2.45, 2.75) is 0 Å². The van der Waals surface area contributed by atoms with Crippen LogP contribution in [0.1, 0.15) is 5.69 Å². The summed E-state index contributed by atoms with van der Waals surface area (Å²) in [4.78, 5) is 3.71. The van der Waals surface area contributed by atoms with Crippen molar-refractivity contribution in [2.24, 2.45) is 5.73 Å². The number of hydrogen-bond acceptors (Lipinski definition) is 3. The minimum Gasteiger partial charge on any atom is -0.382 e. The summed E-state index contributed by atoms with van der Waals surface area (Å²) in [6, 6.07) is 0. The number of amidine groups is 1. The van der Waals surface area contributed by atoms with Gasteiger partial charge >= 0.3 is 0 Å². The second kappa shape index (κ2) is 4.11. The van der Waals surface area contributed by atoms with E-state index in [2.05, 4.69) is 4.98 Å². The van der Waals surface area contributed by atoms with Gasteiger partial charge in [-0.3, -0.25) is 5.41 Å². The molecule has 1 heterocycles. The van der Waals surface area contributed by atoms with Crippen LogP contribution in [0.2, 0.25) is 8.80 Å². The van der Waals surface area contributed by atoms with Gasteiger partial charge in [0.1, 0.15) is 15.9 Å². The maximum absolute atomic E-state index is 6.97. The molecular weight excluding hydrogens is 228 g/mol. The van der Waals surface area contributed by atoms with Gasteiger partial charge in [0.2, 0.25) is 0 Å². The zero-order chi connectivity index (χ0) is 7.72. The summed E-state index contributed by atoms with van der Waals surface area (Å²) in [5.74, 6) is -0.159. The molecule has 1 rings (SSSR count). The summed E-state index contributed by atoms with van der Waals surface area (Å²) in [6.07, 6.45) is 0. The third-order valence-corrected chi connectivity index (χ3v) is 2.17. The second-order valence-corrected chi connectivity index (χ2v) is 3.69. The van der Waals surface area contributed by atoms with Crippen molar-refractivity contribution < 1.29 is 0 Å². The van der Waals surface area contributed by atoms with Crippen molar-refractivity contribution in [3.63, 3.8) is 0 Å². The van der Waals surface area contributed by atoms with Crippen LogP contribution in [0.4, 0.5) is 0 Å². The highest BCUT2D eigenvalue weighted by molar-refractivity contribution is 7.19. The molecule has 7 heteroatoms. The zero-order valence-electron chi connectivity index (χ0n) is 5.10. The first-order valence-corrected chi connectivity index (χ1v) is 3.84. The molecule has 62 valence electrons. The molecule has 0 atom stereocenters. The van der Waals surface area contributed by atoms with E-state index in [1.54, 1.807) is 0 Å². The first kappa shape index (κ1) is 11.0. The van der Waals surface area contributed by atoms with E-state index in [0.29, 0.717) is 8.80 Å². The molecule has 0 aliphatic rings. The van der Waals surface area contributed by atoms with Crippen molar-refractivity contribution in [3.8, 4) is 0 Å². The highest BCUT2D eigenvalue weighted by Gasteiger charge is 2.09. The van der Waals surface area contributed by atoms with Crippen LogP contribution >= 0.6 is 46.9 Å². The fourth-order valence-corrected chi connectivity index (χ4v) is 1.78. The van der Waals surface area contributed by atoms with Crippen molar-refractivity contribution in [3.05, 3.63) is 14.5 Å². The van der Waals surface area contributed by atoms with Crippen molar-refractivity contribution >= 4 is 52.8 Å². The highest BCUT2D eigenvalue weighted by Crippen LogP contribution is 2.26. The average molecular weight is 233 g/mol. The summed E-state index contributed by atoms with van der Waals surface area (Å²) in [5.41, 5.74) is 5.37. The average Bonchev–Trinajstić information content (AvgIpc) is 2.10. The fourth-order valence-electron chi connectivity index (χ4n) is 0.443. The van der Waals surface area contributed by atoms with Crippen LogP contribution in [0.15, 0.2) is 0 Å². The molecule has 0 aliphatic carbocycles. The van der Waals surface area contributed by atoms with Gasteiger partial charge in [0, 0.05) is 0 Å². The number of nitrogen functional groups attached to an aromatic ring is 1. The number of aromatic nitrogens is 1. The predicted molar refractivity (Wildman–Crippen MR) is 50.4 cm³/mol. The van der Waals surface area contributed by atoms with Crippen LogP contribution in [0.5, 0.6) is 0 Å². The molecule has 0 aromatic carbocycles. The summed E-state index contributed by atoms with van der Waals surface area (Å²) in [5, 5.41) is 6.97.